The molecule has 2 atom stereocenters. The highest BCUT2D eigenvalue weighted by molar-refractivity contribution is 5.94. The molecule has 0 unspecified atom stereocenters. The van der Waals surface area contributed by atoms with Crippen molar-refractivity contribution < 1.29 is 33.6 Å². The van der Waals surface area contributed by atoms with Crippen LogP contribution in [0.4, 0.5) is 0 Å². The van der Waals surface area contributed by atoms with E-state index in [1.807, 2.05) is 83.1 Å². The summed E-state index contributed by atoms with van der Waals surface area (Å²) in [6.45, 7) is 22.5. The Labute approximate surface area is 192 Å². The second kappa shape index (κ2) is 7.24. The van der Waals surface area contributed by atoms with Crippen molar-refractivity contribution in [3.05, 3.63) is 22.7 Å². The molecule has 182 valence electrons. The van der Waals surface area contributed by atoms with Gasteiger partial charge in [0, 0.05) is 21.7 Å². The Balaban J connectivity index is 3.22. The fourth-order valence-electron chi connectivity index (χ4n) is 4.12. The average molecular weight is 453 g/mol. The summed E-state index contributed by atoms with van der Waals surface area (Å²) >= 11 is 0. The van der Waals surface area contributed by atoms with Crippen molar-refractivity contribution in [1.29, 1.82) is 0 Å². The predicted molar refractivity (Wildman–Crippen MR) is 120 cm³/mol. The number of hydrogen-bond acceptors (Lipinski definition) is 6. The molecule has 2 aliphatic heterocycles. The van der Waals surface area contributed by atoms with Crippen molar-refractivity contribution in [2.45, 2.75) is 94.7 Å². The lowest BCUT2D eigenvalue weighted by Crippen LogP contribution is -2.69. The van der Waals surface area contributed by atoms with E-state index in [0.29, 0.717) is 5.76 Å². The number of carbonyl (C=O) groups is 2. The van der Waals surface area contributed by atoms with Crippen LogP contribution in [-0.4, -0.2) is 35.7 Å². The van der Waals surface area contributed by atoms with Crippen molar-refractivity contribution in [2.75, 3.05) is 7.11 Å². The van der Waals surface area contributed by atoms with Crippen molar-refractivity contribution in [2.24, 2.45) is 21.7 Å². The van der Waals surface area contributed by atoms with Crippen LogP contribution in [0.5, 0.6) is 0 Å². The Hall–Kier alpha value is -2.02. The molecular formula is C25H40O7. The van der Waals surface area contributed by atoms with Gasteiger partial charge in [-0.3, -0.25) is 4.74 Å². The molecule has 2 heterocycles. The molecule has 7 heteroatoms. The van der Waals surface area contributed by atoms with E-state index >= 15 is 0 Å². The van der Waals surface area contributed by atoms with Crippen LogP contribution < -0.4 is 0 Å². The standard InChI is InChI=1S/C25H40O7/c1-20(2,3)16-14(18(26)27)24(22(7,8)9)31-17(21(4,5)6)15(19(28)29-13)25(30-16,32-24)23(10,11)12/h1-13H3,(H,26,27)/t24-,25-/m1/s1. The largest absolute Gasteiger partial charge is 0.478 e. The summed E-state index contributed by atoms with van der Waals surface area (Å²) in [4.78, 5) is 26.0. The summed E-state index contributed by atoms with van der Waals surface area (Å²) in [5.41, 5.74) is -3.00. The van der Waals surface area contributed by atoms with E-state index in [1.54, 1.807) is 0 Å². The second-order valence-electron chi connectivity index (χ2n) is 12.7. The first-order chi connectivity index (χ1) is 14.1. The van der Waals surface area contributed by atoms with Gasteiger partial charge in [-0.2, -0.15) is 0 Å². The number of aliphatic carboxylic acids is 1. The maximum atomic E-state index is 13.2. The first-order valence-corrected chi connectivity index (χ1v) is 11.0. The number of carboxylic acids is 1. The number of esters is 1. The number of carboxylic acid groups (broad SMARTS) is 1. The van der Waals surface area contributed by atoms with Gasteiger partial charge in [0.1, 0.15) is 22.7 Å². The molecule has 32 heavy (non-hydrogen) atoms. The van der Waals surface area contributed by atoms with Gasteiger partial charge in [-0.1, -0.05) is 83.1 Å². The van der Waals surface area contributed by atoms with Gasteiger partial charge in [-0.05, 0) is 0 Å². The predicted octanol–water partition coefficient (Wildman–Crippen LogP) is 5.41. The maximum absolute atomic E-state index is 13.2. The molecule has 1 N–H and O–H groups in total. The van der Waals surface area contributed by atoms with Gasteiger partial charge >= 0.3 is 11.9 Å². The zero-order valence-corrected chi connectivity index (χ0v) is 21.9. The minimum atomic E-state index is -1.72. The van der Waals surface area contributed by atoms with Crippen LogP contribution in [0.3, 0.4) is 0 Å². The lowest BCUT2D eigenvalue weighted by molar-refractivity contribution is -0.404. The first-order valence-electron chi connectivity index (χ1n) is 11.0. The molecular weight excluding hydrogens is 412 g/mol. The molecule has 0 saturated carbocycles. The van der Waals surface area contributed by atoms with Crippen LogP contribution in [0.2, 0.25) is 0 Å². The van der Waals surface area contributed by atoms with E-state index < -0.39 is 45.2 Å². The monoisotopic (exact) mass is 452 g/mol. The summed E-state index contributed by atoms with van der Waals surface area (Å²) in [6.07, 6.45) is 0. The smallest absolute Gasteiger partial charge is 0.343 e. The molecule has 7 nitrogen and oxygen atoms in total. The molecule has 0 fully saturated rings. The Bertz CT molecular complexity index is 881. The van der Waals surface area contributed by atoms with Gasteiger partial charge in [0.15, 0.2) is 0 Å². The molecule has 0 aromatic carbocycles. The molecule has 2 rings (SSSR count). The summed E-state index contributed by atoms with van der Waals surface area (Å²) < 4.78 is 24.9. The van der Waals surface area contributed by atoms with Crippen LogP contribution in [0.15, 0.2) is 22.7 Å². The number of carbonyl (C=O) groups excluding carboxylic acids is 1. The molecule has 0 aromatic heterocycles. The van der Waals surface area contributed by atoms with E-state index in [1.165, 1.54) is 7.11 Å². The quantitative estimate of drug-likeness (QED) is 0.560. The van der Waals surface area contributed by atoms with E-state index in [4.69, 9.17) is 18.9 Å². The fourth-order valence-corrected chi connectivity index (χ4v) is 4.12. The second-order valence-corrected chi connectivity index (χ2v) is 12.7. The third-order valence-electron chi connectivity index (χ3n) is 5.83. The third-order valence-corrected chi connectivity index (χ3v) is 5.83. The Morgan fingerprint density at radius 2 is 1.06 bits per heavy atom. The van der Waals surface area contributed by atoms with Gasteiger partial charge in [-0.25, -0.2) is 9.59 Å². The van der Waals surface area contributed by atoms with Crippen molar-refractivity contribution in [3.63, 3.8) is 0 Å². The van der Waals surface area contributed by atoms with E-state index in [0.717, 1.165) is 0 Å². The minimum Gasteiger partial charge on any atom is -0.478 e. The lowest BCUT2D eigenvalue weighted by atomic mass is 9.69. The number of fused-ring (bicyclic) bond motifs is 2. The van der Waals surface area contributed by atoms with Crippen molar-refractivity contribution in [1.82, 2.24) is 0 Å². The molecule has 0 aliphatic carbocycles. The average Bonchev–Trinajstić information content (AvgIpc) is 2.56. The summed E-state index contributed by atoms with van der Waals surface area (Å²) in [5.74, 6) is -4.67. The Kier molecular flexibility index (Phi) is 5.94. The van der Waals surface area contributed by atoms with E-state index in [2.05, 4.69) is 0 Å². The molecule has 0 saturated heterocycles. The Morgan fingerprint density at radius 3 is 1.34 bits per heavy atom. The van der Waals surface area contributed by atoms with Gasteiger partial charge < -0.3 is 19.3 Å². The van der Waals surface area contributed by atoms with Crippen LogP contribution in [-0.2, 0) is 28.5 Å². The van der Waals surface area contributed by atoms with E-state index in [9.17, 15) is 14.7 Å². The Morgan fingerprint density at radius 1 is 0.719 bits per heavy atom. The number of allylic oxidation sites excluding steroid dienone is 2. The fraction of sp³-hybridized carbons (Fsp3) is 0.760. The van der Waals surface area contributed by atoms with Crippen LogP contribution in [0.25, 0.3) is 0 Å². The lowest BCUT2D eigenvalue weighted by Gasteiger charge is -2.61. The van der Waals surface area contributed by atoms with Gasteiger partial charge in [0.25, 0.3) is 11.6 Å². The highest BCUT2D eigenvalue weighted by atomic mass is 16.8. The topological polar surface area (TPSA) is 91.3 Å². The molecule has 2 bridgehead atoms. The normalized spacial score (nSPS) is 27.0. The van der Waals surface area contributed by atoms with Crippen molar-refractivity contribution in [3.8, 4) is 0 Å². The van der Waals surface area contributed by atoms with E-state index in [-0.39, 0.29) is 16.9 Å². The zero-order chi connectivity index (χ0) is 25.3. The number of methoxy groups -OCH3 is 1. The van der Waals surface area contributed by atoms with Crippen LogP contribution >= 0.6 is 0 Å². The summed E-state index contributed by atoms with van der Waals surface area (Å²) in [7, 11) is 1.30. The number of ether oxygens (including phenoxy) is 4. The van der Waals surface area contributed by atoms with Crippen LogP contribution in [0, 0.1) is 21.7 Å². The first kappa shape index (κ1) is 26.2. The summed E-state index contributed by atoms with van der Waals surface area (Å²) in [6, 6.07) is 0. The molecule has 0 radical (unpaired) electrons. The molecule has 0 amide bonds. The summed E-state index contributed by atoms with van der Waals surface area (Å²) in [5, 5.41) is 10.4. The SMILES string of the molecule is COC(=O)C1=C(C(C)(C)C)O[C@@]2(C(C)(C)C)O[C@]1(C(C)(C)C)OC(C(C)(C)C)=C2C(=O)O. The highest BCUT2D eigenvalue weighted by Crippen LogP contribution is 2.62. The zero-order valence-electron chi connectivity index (χ0n) is 21.9. The number of hydrogen-bond donors (Lipinski definition) is 1. The third kappa shape index (κ3) is 3.72. The number of rotatable bonds is 2. The molecule has 2 aliphatic rings. The minimum absolute atomic E-state index is 0.0944. The highest BCUT2D eigenvalue weighted by Gasteiger charge is 2.72. The van der Waals surface area contributed by atoms with Gasteiger partial charge in [-0.15, -0.1) is 0 Å². The van der Waals surface area contributed by atoms with Crippen LogP contribution in [0.1, 0.15) is 83.1 Å². The van der Waals surface area contributed by atoms with Crippen molar-refractivity contribution >= 4 is 11.9 Å². The molecule has 0 aromatic rings. The maximum Gasteiger partial charge on any atom is 0.343 e. The van der Waals surface area contributed by atoms with Gasteiger partial charge in [0.05, 0.1) is 7.11 Å². The van der Waals surface area contributed by atoms with Gasteiger partial charge in [0.2, 0.25) is 0 Å². The molecule has 0 spiro atoms.